The summed E-state index contributed by atoms with van der Waals surface area (Å²) < 4.78 is 44.6. The summed E-state index contributed by atoms with van der Waals surface area (Å²) in [4.78, 5) is 24.6. The largest absolute Gasteiger partial charge is 0.479 e. The van der Waals surface area contributed by atoms with Crippen LogP contribution in [0.2, 0.25) is 0 Å². The Morgan fingerprint density at radius 1 is 1.43 bits per heavy atom. The number of nitrogens with zero attached hydrogens (tertiary/aromatic N) is 5. The molecular formula is C15H14F3N5O5. The fraction of sp³-hybridized carbons (Fsp3) is 0.400. The first-order chi connectivity index (χ1) is 13.1. The van der Waals surface area contributed by atoms with Crippen LogP contribution in [0.4, 0.5) is 19.0 Å². The molecule has 3 atom stereocenters. The fourth-order valence-electron chi connectivity index (χ4n) is 2.62. The van der Waals surface area contributed by atoms with Gasteiger partial charge in [-0.3, -0.25) is 9.69 Å². The van der Waals surface area contributed by atoms with Crippen LogP contribution in [-0.4, -0.2) is 66.9 Å². The number of ether oxygens (including phenoxy) is 1. The molecule has 1 fully saturated rings. The quantitative estimate of drug-likeness (QED) is 0.745. The zero-order valence-electron chi connectivity index (χ0n) is 14.2. The van der Waals surface area contributed by atoms with E-state index >= 15 is 0 Å². The van der Waals surface area contributed by atoms with Crippen LogP contribution in [0, 0.1) is 0 Å². The van der Waals surface area contributed by atoms with Crippen molar-refractivity contribution in [3.05, 3.63) is 30.2 Å². The molecule has 0 radical (unpaired) electrons. The van der Waals surface area contributed by atoms with Crippen molar-refractivity contribution in [1.82, 2.24) is 20.0 Å². The second kappa shape index (κ2) is 7.16. The molecule has 0 bridgehead atoms. The van der Waals surface area contributed by atoms with E-state index in [4.69, 9.17) is 9.84 Å². The molecular weight excluding hydrogens is 387 g/mol. The molecule has 28 heavy (non-hydrogen) atoms. The number of carboxylic acid groups (broad SMARTS) is 1. The van der Waals surface area contributed by atoms with Crippen molar-refractivity contribution in [3.63, 3.8) is 0 Å². The third kappa shape index (κ3) is 3.80. The number of hydrogen-bond acceptors (Lipinski definition) is 7. The number of carbonyl (C=O) groups is 2. The van der Waals surface area contributed by atoms with Crippen molar-refractivity contribution in [2.24, 2.45) is 0 Å². The number of carbonyl (C=O) groups excluding carboxylic acids is 1. The van der Waals surface area contributed by atoms with Crippen molar-refractivity contribution in [3.8, 4) is 5.69 Å². The fourth-order valence-corrected chi connectivity index (χ4v) is 2.62. The summed E-state index contributed by atoms with van der Waals surface area (Å²) in [6.45, 7) is 1.58. The summed E-state index contributed by atoms with van der Waals surface area (Å²) in [7, 11) is 0. The monoisotopic (exact) mass is 401 g/mol. The number of amides is 1. The lowest BCUT2D eigenvalue weighted by molar-refractivity contribution is -0.168. The van der Waals surface area contributed by atoms with E-state index in [1.54, 1.807) is 6.92 Å². The molecule has 2 aromatic heterocycles. The SMILES string of the molecule is C[C@H]1CN(c2ccn(-c3cnnc(C(F)(F)F)c3)n2)C(=O)[C@@H](C(O)C(=O)O)O1. The molecule has 0 aliphatic carbocycles. The van der Waals surface area contributed by atoms with Gasteiger partial charge in [-0.2, -0.15) is 18.3 Å². The van der Waals surface area contributed by atoms with Crippen LogP contribution in [0.15, 0.2) is 24.5 Å². The van der Waals surface area contributed by atoms with E-state index in [2.05, 4.69) is 15.3 Å². The Morgan fingerprint density at radius 3 is 2.79 bits per heavy atom. The molecule has 2 aromatic rings. The van der Waals surface area contributed by atoms with Gasteiger partial charge in [0.05, 0.1) is 24.5 Å². The smallest absolute Gasteiger partial charge is 0.435 e. The van der Waals surface area contributed by atoms with Crippen LogP contribution in [0.1, 0.15) is 12.6 Å². The average molecular weight is 401 g/mol. The van der Waals surface area contributed by atoms with E-state index in [1.165, 1.54) is 12.3 Å². The number of aliphatic carboxylic acids is 1. The minimum Gasteiger partial charge on any atom is -0.479 e. The zero-order valence-corrected chi connectivity index (χ0v) is 14.2. The molecule has 1 amide bonds. The number of carboxylic acids is 1. The summed E-state index contributed by atoms with van der Waals surface area (Å²) in [5, 5.41) is 29.0. The molecule has 0 saturated carbocycles. The summed E-state index contributed by atoms with van der Waals surface area (Å²) in [5.41, 5.74) is -1.24. The number of halogens is 3. The highest BCUT2D eigenvalue weighted by molar-refractivity contribution is 5.99. The Labute approximate surface area is 155 Å². The molecule has 0 spiro atoms. The highest BCUT2D eigenvalue weighted by atomic mass is 19.4. The normalized spacial score (nSPS) is 21.6. The van der Waals surface area contributed by atoms with Crippen LogP contribution in [0.25, 0.3) is 5.69 Å². The van der Waals surface area contributed by atoms with Gasteiger partial charge in [-0.05, 0) is 13.0 Å². The molecule has 1 aliphatic rings. The molecule has 1 aliphatic heterocycles. The van der Waals surface area contributed by atoms with Crippen molar-refractivity contribution in [1.29, 1.82) is 0 Å². The first-order valence-corrected chi connectivity index (χ1v) is 7.91. The summed E-state index contributed by atoms with van der Waals surface area (Å²) in [5.74, 6) is -2.41. The topological polar surface area (TPSA) is 131 Å². The Hall–Kier alpha value is -3.06. The number of rotatable bonds is 4. The molecule has 3 rings (SSSR count). The van der Waals surface area contributed by atoms with E-state index in [1.807, 2.05) is 0 Å². The van der Waals surface area contributed by atoms with Crippen molar-refractivity contribution >= 4 is 17.7 Å². The Balaban J connectivity index is 1.89. The van der Waals surface area contributed by atoms with Crippen LogP contribution >= 0.6 is 0 Å². The van der Waals surface area contributed by atoms with E-state index < -0.39 is 42.1 Å². The van der Waals surface area contributed by atoms with Gasteiger partial charge < -0.3 is 14.9 Å². The van der Waals surface area contributed by atoms with Gasteiger partial charge in [-0.1, -0.05) is 0 Å². The molecule has 0 aromatic carbocycles. The molecule has 2 N–H and O–H groups in total. The van der Waals surface area contributed by atoms with Gasteiger partial charge in [0.15, 0.2) is 23.7 Å². The Bertz CT molecular complexity index is 902. The second-order valence-electron chi connectivity index (χ2n) is 6.01. The van der Waals surface area contributed by atoms with Gasteiger partial charge >= 0.3 is 12.1 Å². The van der Waals surface area contributed by atoms with Crippen LogP contribution in [-0.2, 0) is 20.5 Å². The molecule has 1 saturated heterocycles. The van der Waals surface area contributed by atoms with Gasteiger partial charge in [-0.15, -0.1) is 10.2 Å². The maximum Gasteiger partial charge on any atom is 0.435 e. The molecule has 150 valence electrons. The third-order valence-electron chi connectivity index (χ3n) is 3.91. The minimum absolute atomic E-state index is 0.0150. The zero-order chi connectivity index (χ0) is 20.6. The van der Waals surface area contributed by atoms with Gasteiger partial charge in [0.1, 0.15) is 0 Å². The van der Waals surface area contributed by atoms with E-state index in [-0.39, 0.29) is 18.1 Å². The van der Waals surface area contributed by atoms with Gasteiger partial charge in [0.25, 0.3) is 5.91 Å². The second-order valence-corrected chi connectivity index (χ2v) is 6.01. The number of morpholine rings is 1. The van der Waals surface area contributed by atoms with Crippen LogP contribution < -0.4 is 4.90 Å². The molecule has 10 nitrogen and oxygen atoms in total. The number of aliphatic hydroxyl groups excluding tert-OH is 1. The number of aromatic nitrogens is 4. The summed E-state index contributed by atoms with van der Waals surface area (Å²) >= 11 is 0. The predicted octanol–water partition coefficient (Wildman–Crippen LogP) is 0.247. The molecule has 13 heteroatoms. The lowest BCUT2D eigenvalue weighted by atomic mass is 10.1. The Morgan fingerprint density at radius 2 is 2.14 bits per heavy atom. The van der Waals surface area contributed by atoms with E-state index in [0.29, 0.717) is 0 Å². The molecule has 3 heterocycles. The third-order valence-corrected chi connectivity index (χ3v) is 3.91. The van der Waals surface area contributed by atoms with Crippen molar-refractivity contribution < 1.29 is 37.7 Å². The first kappa shape index (κ1) is 19.7. The lowest BCUT2D eigenvalue weighted by Crippen LogP contribution is -2.57. The summed E-state index contributed by atoms with van der Waals surface area (Å²) in [6, 6.07) is 2.10. The predicted molar refractivity (Wildman–Crippen MR) is 84.5 cm³/mol. The minimum atomic E-state index is -4.69. The van der Waals surface area contributed by atoms with Crippen LogP contribution in [0.5, 0.6) is 0 Å². The van der Waals surface area contributed by atoms with Gasteiger partial charge in [0, 0.05) is 12.3 Å². The highest BCUT2D eigenvalue weighted by Gasteiger charge is 2.42. The number of hydrogen-bond donors (Lipinski definition) is 2. The Kier molecular flexibility index (Phi) is 5.04. The van der Waals surface area contributed by atoms with Crippen molar-refractivity contribution in [2.75, 3.05) is 11.4 Å². The number of alkyl halides is 3. The van der Waals surface area contributed by atoms with Crippen molar-refractivity contribution in [2.45, 2.75) is 31.4 Å². The van der Waals surface area contributed by atoms with Crippen LogP contribution in [0.3, 0.4) is 0 Å². The maximum atomic E-state index is 12.8. The van der Waals surface area contributed by atoms with E-state index in [9.17, 15) is 27.9 Å². The van der Waals surface area contributed by atoms with Gasteiger partial charge in [-0.25, -0.2) is 9.48 Å². The highest BCUT2D eigenvalue weighted by Crippen LogP contribution is 2.28. The average Bonchev–Trinajstić information content (AvgIpc) is 3.12. The summed E-state index contributed by atoms with van der Waals surface area (Å²) in [6.07, 6.45) is -6.63. The molecule has 1 unspecified atom stereocenters. The maximum absolute atomic E-state index is 12.8. The van der Waals surface area contributed by atoms with E-state index in [0.717, 1.165) is 21.8 Å². The number of anilines is 1. The van der Waals surface area contributed by atoms with Gasteiger partial charge in [0.2, 0.25) is 0 Å². The lowest BCUT2D eigenvalue weighted by Gasteiger charge is -2.35. The number of aliphatic hydroxyl groups is 1. The first-order valence-electron chi connectivity index (χ1n) is 7.91. The standard InChI is InChI=1S/C15H14F3N5O5/c1-7-6-22(13(25)12(28-7)11(24)14(26)27)10-2-3-23(21-10)8-4-9(15(16,17)18)20-19-5-8/h2-5,7,11-12,24H,6H2,1H3,(H,26,27)/t7-,11?,12+/m0/s1.